The number of rotatable bonds is 3. The van der Waals surface area contributed by atoms with Crippen molar-refractivity contribution in [2.45, 2.75) is 6.54 Å². The predicted molar refractivity (Wildman–Crippen MR) is 75.9 cm³/mol. The second-order valence-electron chi connectivity index (χ2n) is 3.18. The van der Waals surface area contributed by atoms with Gasteiger partial charge in [-0.3, -0.25) is 0 Å². The molecule has 0 aliphatic heterocycles. The Labute approximate surface area is 122 Å². The van der Waals surface area contributed by atoms with E-state index < -0.39 is 0 Å². The van der Waals surface area contributed by atoms with Crippen molar-refractivity contribution in [1.82, 2.24) is 4.98 Å². The lowest BCUT2D eigenvalue weighted by Crippen LogP contribution is -1.98. The SMILES string of the molecule is Clc1cc(Cl)c(NCc2cnc(Cl)s2)c(Cl)c1. The maximum atomic E-state index is 6.04. The van der Waals surface area contributed by atoms with Crippen molar-refractivity contribution in [2.75, 3.05) is 5.32 Å². The smallest absolute Gasteiger partial charge is 0.183 e. The molecule has 90 valence electrons. The van der Waals surface area contributed by atoms with Crippen molar-refractivity contribution in [3.8, 4) is 0 Å². The number of aromatic nitrogens is 1. The van der Waals surface area contributed by atoms with Crippen molar-refractivity contribution in [1.29, 1.82) is 0 Å². The first-order valence-corrected chi connectivity index (χ1v) is 6.87. The molecule has 0 radical (unpaired) electrons. The van der Waals surface area contributed by atoms with Crippen LogP contribution in [-0.4, -0.2) is 4.98 Å². The van der Waals surface area contributed by atoms with Crippen molar-refractivity contribution >= 4 is 63.4 Å². The minimum absolute atomic E-state index is 0.484. The summed E-state index contributed by atoms with van der Waals surface area (Å²) in [6, 6.07) is 3.27. The summed E-state index contributed by atoms with van der Waals surface area (Å²) in [5.41, 5.74) is 0.655. The maximum absolute atomic E-state index is 6.04. The lowest BCUT2D eigenvalue weighted by Gasteiger charge is -2.09. The number of thiazole rings is 1. The van der Waals surface area contributed by atoms with Gasteiger partial charge >= 0.3 is 0 Å². The molecule has 0 saturated heterocycles. The largest absolute Gasteiger partial charge is 0.378 e. The van der Waals surface area contributed by atoms with Crippen molar-refractivity contribution in [3.05, 3.63) is 42.7 Å². The molecule has 0 saturated carbocycles. The predicted octanol–water partition coefficient (Wildman–Crippen LogP) is 5.37. The van der Waals surface area contributed by atoms with Gasteiger partial charge in [0.1, 0.15) is 0 Å². The highest BCUT2D eigenvalue weighted by molar-refractivity contribution is 7.15. The van der Waals surface area contributed by atoms with Crippen molar-refractivity contribution < 1.29 is 0 Å². The van der Waals surface area contributed by atoms with Crippen LogP contribution in [0.4, 0.5) is 5.69 Å². The number of hydrogen-bond donors (Lipinski definition) is 1. The summed E-state index contributed by atoms with van der Waals surface area (Å²) in [4.78, 5) is 4.94. The van der Waals surface area contributed by atoms with E-state index in [0.717, 1.165) is 4.88 Å². The van der Waals surface area contributed by atoms with E-state index >= 15 is 0 Å². The average Bonchev–Trinajstić information content (AvgIpc) is 2.62. The molecule has 1 aromatic heterocycles. The van der Waals surface area contributed by atoms with E-state index in [2.05, 4.69) is 10.3 Å². The number of anilines is 1. The third-order valence-electron chi connectivity index (χ3n) is 1.97. The Balaban J connectivity index is 2.14. The highest BCUT2D eigenvalue weighted by Gasteiger charge is 2.08. The van der Waals surface area contributed by atoms with Gasteiger partial charge in [0.15, 0.2) is 4.47 Å². The third-order valence-corrected chi connectivity index (χ3v) is 3.90. The average molecular weight is 328 g/mol. The normalized spacial score (nSPS) is 10.6. The molecule has 0 aliphatic rings. The van der Waals surface area contributed by atoms with E-state index in [1.807, 2.05) is 0 Å². The first-order chi connectivity index (χ1) is 8.06. The van der Waals surface area contributed by atoms with Gasteiger partial charge < -0.3 is 5.32 Å². The van der Waals surface area contributed by atoms with Gasteiger partial charge in [-0.15, -0.1) is 11.3 Å². The van der Waals surface area contributed by atoms with Crippen LogP contribution in [-0.2, 0) is 6.54 Å². The van der Waals surface area contributed by atoms with Gasteiger partial charge in [0.05, 0.1) is 22.3 Å². The molecule has 1 heterocycles. The molecule has 1 N–H and O–H groups in total. The standard InChI is InChI=1S/C10H6Cl4N2S/c11-5-1-7(12)9(8(13)2-5)15-3-6-4-16-10(14)17-6/h1-2,4,15H,3H2. The van der Waals surface area contributed by atoms with Crippen LogP contribution in [0.1, 0.15) is 4.88 Å². The second-order valence-corrected chi connectivity index (χ2v) is 6.13. The Hall–Kier alpha value is -0.190. The van der Waals surface area contributed by atoms with Gasteiger partial charge in [0.2, 0.25) is 0 Å². The molecule has 2 nitrogen and oxygen atoms in total. The second kappa shape index (κ2) is 5.63. The zero-order valence-corrected chi connectivity index (χ0v) is 12.1. The summed E-state index contributed by atoms with van der Waals surface area (Å²) >= 11 is 25.0. The molecule has 2 aromatic rings. The molecule has 0 fully saturated rings. The van der Waals surface area contributed by atoms with E-state index in [9.17, 15) is 0 Å². The van der Waals surface area contributed by atoms with Crippen LogP contribution in [0.2, 0.25) is 19.5 Å². The first kappa shape index (κ1) is 13.2. The van der Waals surface area contributed by atoms with Crippen LogP contribution in [0.3, 0.4) is 0 Å². The minimum Gasteiger partial charge on any atom is -0.378 e. The van der Waals surface area contributed by atoms with Crippen LogP contribution in [0.25, 0.3) is 0 Å². The van der Waals surface area contributed by atoms with Gasteiger partial charge in [-0.2, -0.15) is 0 Å². The lowest BCUT2D eigenvalue weighted by atomic mass is 10.3. The summed E-state index contributed by atoms with van der Waals surface area (Å²) in [6.45, 7) is 0.561. The molecule has 0 spiro atoms. The number of nitrogens with zero attached hydrogens (tertiary/aromatic N) is 1. The molecule has 1 aromatic carbocycles. The van der Waals surface area contributed by atoms with Crippen molar-refractivity contribution in [2.24, 2.45) is 0 Å². The molecule has 17 heavy (non-hydrogen) atoms. The Morgan fingerprint density at radius 1 is 1.12 bits per heavy atom. The fourth-order valence-corrected chi connectivity index (χ4v) is 3.12. The van der Waals surface area contributed by atoms with Gasteiger partial charge in [-0.05, 0) is 12.1 Å². The van der Waals surface area contributed by atoms with Crippen LogP contribution in [0, 0.1) is 0 Å². The highest BCUT2D eigenvalue weighted by Crippen LogP contribution is 2.34. The van der Waals surface area contributed by atoms with E-state index in [0.29, 0.717) is 31.8 Å². The fraction of sp³-hybridized carbons (Fsp3) is 0.100. The molecular formula is C10H6Cl4N2S. The molecule has 0 aliphatic carbocycles. The summed E-state index contributed by atoms with van der Waals surface area (Å²) in [5.74, 6) is 0. The molecular weight excluding hydrogens is 322 g/mol. The van der Waals surface area contributed by atoms with E-state index in [1.165, 1.54) is 11.3 Å². The highest BCUT2D eigenvalue weighted by atomic mass is 35.5. The van der Waals surface area contributed by atoms with Gasteiger partial charge in [0, 0.05) is 16.1 Å². The number of nitrogens with one attached hydrogen (secondary N) is 1. The Bertz CT molecular complexity index is 518. The van der Waals surface area contributed by atoms with E-state index in [4.69, 9.17) is 46.4 Å². The quantitative estimate of drug-likeness (QED) is 0.819. The zero-order valence-electron chi connectivity index (χ0n) is 8.31. The number of halogens is 4. The van der Waals surface area contributed by atoms with Crippen LogP contribution in [0.15, 0.2) is 18.3 Å². The van der Waals surface area contributed by atoms with Crippen LogP contribution >= 0.6 is 57.7 Å². The first-order valence-electron chi connectivity index (χ1n) is 4.55. The summed E-state index contributed by atoms with van der Waals surface area (Å²) in [6.07, 6.45) is 1.71. The van der Waals surface area contributed by atoms with E-state index in [-0.39, 0.29) is 0 Å². The van der Waals surface area contributed by atoms with Crippen LogP contribution in [0.5, 0.6) is 0 Å². The van der Waals surface area contributed by atoms with Crippen LogP contribution < -0.4 is 5.32 Å². The molecule has 0 bridgehead atoms. The number of hydrogen-bond acceptors (Lipinski definition) is 3. The minimum atomic E-state index is 0.484. The van der Waals surface area contributed by atoms with Gasteiger partial charge in [0.25, 0.3) is 0 Å². The molecule has 0 amide bonds. The third kappa shape index (κ3) is 3.39. The van der Waals surface area contributed by atoms with E-state index in [1.54, 1.807) is 18.3 Å². The van der Waals surface area contributed by atoms with Crippen molar-refractivity contribution in [3.63, 3.8) is 0 Å². The Kier molecular flexibility index (Phi) is 4.39. The Morgan fingerprint density at radius 3 is 2.29 bits per heavy atom. The topological polar surface area (TPSA) is 24.9 Å². The fourth-order valence-electron chi connectivity index (χ4n) is 1.25. The molecule has 0 atom stereocenters. The van der Waals surface area contributed by atoms with Gasteiger partial charge in [-0.1, -0.05) is 46.4 Å². The summed E-state index contributed by atoms with van der Waals surface area (Å²) in [7, 11) is 0. The molecule has 7 heteroatoms. The Morgan fingerprint density at radius 2 is 1.76 bits per heavy atom. The molecule has 2 rings (SSSR count). The summed E-state index contributed by atoms with van der Waals surface area (Å²) in [5, 5.41) is 4.60. The molecule has 0 unspecified atom stereocenters. The monoisotopic (exact) mass is 326 g/mol. The lowest BCUT2D eigenvalue weighted by molar-refractivity contribution is 1.17. The number of benzene rings is 1. The van der Waals surface area contributed by atoms with Gasteiger partial charge in [-0.25, -0.2) is 4.98 Å². The summed E-state index contributed by atoms with van der Waals surface area (Å²) < 4.78 is 0.509. The zero-order chi connectivity index (χ0) is 12.4. The maximum Gasteiger partial charge on any atom is 0.183 e.